The maximum absolute atomic E-state index is 5.96. The van der Waals surface area contributed by atoms with Gasteiger partial charge in [0.1, 0.15) is 12.4 Å². The Morgan fingerprint density at radius 3 is 2.80 bits per heavy atom. The molecular weight excluding hydrogens is 342 g/mol. The van der Waals surface area contributed by atoms with Crippen molar-refractivity contribution in [2.75, 3.05) is 54.1 Å². The summed E-state index contributed by atoms with van der Waals surface area (Å²) in [6.07, 6.45) is 1.77. The van der Waals surface area contributed by atoms with Crippen molar-refractivity contribution in [1.82, 2.24) is 10.2 Å². The van der Waals surface area contributed by atoms with E-state index in [2.05, 4.69) is 10.3 Å². The average Bonchev–Trinajstić information content (AvgIpc) is 2.63. The molecule has 0 atom stereocenters. The van der Waals surface area contributed by atoms with Crippen LogP contribution in [0.5, 0.6) is 5.75 Å². The van der Waals surface area contributed by atoms with E-state index < -0.39 is 0 Å². The second-order valence-corrected chi connectivity index (χ2v) is 6.56. The van der Waals surface area contributed by atoms with Crippen molar-refractivity contribution in [1.29, 1.82) is 0 Å². The van der Waals surface area contributed by atoms with Crippen molar-refractivity contribution in [3.8, 4) is 5.75 Å². The lowest BCUT2D eigenvalue weighted by molar-refractivity contribution is -0.0857. The molecule has 0 spiro atoms. The van der Waals surface area contributed by atoms with Crippen LogP contribution in [0.15, 0.2) is 29.3 Å². The first-order valence-electron chi connectivity index (χ1n) is 8.51. The van der Waals surface area contributed by atoms with Gasteiger partial charge in [0.25, 0.3) is 0 Å². The smallest absolute Gasteiger partial charge is 0.193 e. The molecule has 0 aliphatic carbocycles. The molecular formula is C18H28ClN3O3. The van der Waals surface area contributed by atoms with Gasteiger partial charge < -0.3 is 24.4 Å². The average molecular weight is 370 g/mol. The first-order chi connectivity index (χ1) is 12.1. The van der Waals surface area contributed by atoms with E-state index in [4.69, 9.17) is 25.8 Å². The predicted molar refractivity (Wildman–Crippen MR) is 101 cm³/mol. The van der Waals surface area contributed by atoms with Crippen LogP contribution in [0, 0.1) is 0 Å². The molecule has 140 valence electrons. The monoisotopic (exact) mass is 369 g/mol. The van der Waals surface area contributed by atoms with Gasteiger partial charge in [0.15, 0.2) is 5.96 Å². The van der Waals surface area contributed by atoms with E-state index in [1.165, 1.54) is 0 Å². The van der Waals surface area contributed by atoms with Gasteiger partial charge in [-0.25, -0.2) is 0 Å². The van der Waals surface area contributed by atoms with Crippen molar-refractivity contribution in [2.24, 2.45) is 4.99 Å². The summed E-state index contributed by atoms with van der Waals surface area (Å²) < 4.78 is 16.9. The highest BCUT2D eigenvalue weighted by atomic mass is 35.5. The largest absolute Gasteiger partial charge is 0.492 e. The fourth-order valence-electron chi connectivity index (χ4n) is 2.78. The van der Waals surface area contributed by atoms with E-state index in [-0.39, 0.29) is 5.60 Å². The molecule has 1 aliphatic rings. The minimum absolute atomic E-state index is 0.188. The number of aliphatic imine (C=N–C) groups is 1. The normalized spacial score (nSPS) is 17.2. The topological polar surface area (TPSA) is 55.3 Å². The van der Waals surface area contributed by atoms with Gasteiger partial charge in [0.05, 0.1) is 12.1 Å². The Labute approximate surface area is 155 Å². The molecule has 0 saturated carbocycles. The number of likely N-dealkylation sites (N-methyl/N-ethyl adjacent to an activating group) is 1. The number of hydrogen-bond acceptors (Lipinski definition) is 4. The third kappa shape index (κ3) is 6.06. The van der Waals surface area contributed by atoms with E-state index >= 15 is 0 Å². The molecule has 1 aromatic rings. The molecule has 1 heterocycles. The number of methoxy groups -OCH3 is 1. The van der Waals surface area contributed by atoms with Crippen LogP contribution in [0.4, 0.5) is 0 Å². The molecule has 0 unspecified atom stereocenters. The van der Waals surface area contributed by atoms with E-state index in [0.29, 0.717) is 24.7 Å². The van der Waals surface area contributed by atoms with Crippen LogP contribution in [0.25, 0.3) is 0 Å². The zero-order chi connectivity index (χ0) is 18.1. The summed E-state index contributed by atoms with van der Waals surface area (Å²) in [5.41, 5.74) is -0.188. The molecule has 1 aromatic carbocycles. The van der Waals surface area contributed by atoms with Crippen molar-refractivity contribution < 1.29 is 14.2 Å². The van der Waals surface area contributed by atoms with Gasteiger partial charge in [0.2, 0.25) is 0 Å². The minimum atomic E-state index is -0.188. The second-order valence-electron chi connectivity index (χ2n) is 6.13. The fraction of sp³-hybridized carbons (Fsp3) is 0.611. The third-order valence-electron chi connectivity index (χ3n) is 4.47. The molecule has 1 aliphatic heterocycles. The van der Waals surface area contributed by atoms with Crippen molar-refractivity contribution in [3.63, 3.8) is 0 Å². The molecule has 25 heavy (non-hydrogen) atoms. The van der Waals surface area contributed by atoms with Crippen molar-refractivity contribution in [2.45, 2.75) is 18.4 Å². The lowest BCUT2D eigenvalue weighted by Gasteiger charge is -2.37. The maximum atomic E-state index is 5.96. The first kappa shape index (κ1) is 19.8. The summed E-state index contributed by atoms with van der Waals surface area (Å²) in [5.74, 6) is 1.59. The van der Waals surface area contributed by atoms with Gasteiger partial charge in [0, 0.05) is 58.8 Å². The molecule has 0 amide bonds. The number of halogens is 1. The predicted octanol–water partition coefficient (Wildman–Crippen LogP) is 2.42. The highest BCUT2D eigenvalue weighted by molar-refractivity contribution is 6.30. The van der Waals surface area contributed by atoms with Gasteiger partial charge in [-0.05, 0) is 18.2 Å². The highest BCUT2D eigenvalue weighted by Crippen LogP contribution is 2.23. The minimum Gasteiger partial charge on any atom is -0.492 e. The summed E-state index contributed by atoms with van der Waals surface area (Å²) in [6, 6.07) is 7.41. The fourth-order valence-corrected chi connectivity index (χ4v) is 2.96. The van der Waals surface area contributed by atoms with Gasteiger partial charge in [-0.1, -0.05) is 17.7 Å². The Morgan fingerprint density at radius 1 is 1.40 bits per heavy atom. The van der Waals surface area contributed by atoms with Gasteiger partial charge in [-0.15, -0.1) is 0 Å². The first-order valence-corrected chi connectivity index (χ1v) is 8.89. The van der Waals surface area contributed by atoms with Gasteiger partial charge in [-0.3, -0.25) is 4.99 Å². The van der Waals surface area contributed by atoms with E-state index in [0.717, 1.165) is 37.8 Å². The molecule has 1 fully saturated rings. The summed E-state index contributed by atoms with van der Waals surface area (Å²) >= 11 is 5.96. The molecule has 0 bridgehead atoms. The lowest BCUT2D eigenvalue weighted by Crippen LogP contribution is -2.51. The van der Waals surface area contributed by atoms with Crippen molar-refractivity contribution in [3.05, 3.63) is 29.3 Å². The molecule has 6 nitrogen and oxygen atoms in total. The van der Waals surface area contributed by atoms with E-state index in [9.17, 15) is 0 Å². The Bertz CT molecular complexity index is 562. The molecule has 7 heteroatoms. The van der Waals surface area contributed by atoms with Crippen LogP contribution in [0.1, 0.15) is 12.8 Å². The van der Waals surface area contributed by atoms with E-state index in [1.54, 1.807) is 14.2 Å². The van der Waals surface area contributed by atoms with Crippen LogP contribution < -0.4 is 10.1 Å². The number of ether oxygens (including phenoxy) is 3. The number of hydrogen-bond donors (Lipinski definition) is 1. The second kappa shape index (κ2) is 9.85. The third-order valence-corrected chi connectivity index (χ3v) is 4.71. The standard InChI is InChI=1S/C18H28ClN3O3/c1-20-17(21-14-18(23-3)7-10-24-11-8-18)22(2)9-12-25-16-6-4-5-15(19)13-16/h4-6,13H,7-12,14H2,1-3H3,(H,20,21). The lowest BCUT2D eigenvalue weighted by atomic mass is 9.94. The number of guanidine groups is 1. The Hall–Kier alpha value is -1.50. The molecule has 1 saturated heterocycles. The summed E-state index contributed by atoms with van der Waals surface area (Å²) in [5, 5.41) is 4.08. The summed E-state index contributed by atoms with van der Waals surface area (Å²) in [4.78, 5) is 6.38. The summed E-state index contributed by atoms with van der Waals surface area (Å²) in [6.45, 7) is 3.42. The number of nitrogens with zero attached hydrogens (tertiary/aromatic N) is 2. The quantitative estimate of drug-likeness (QED) is 0.591. The van der Waals surface area contributed by atoms with Crippen LogP contribution >= 0.6 is 11.6 Å². The van der Waals surface area contributed by atoms with Gasteiger partial charge >= 0.3 is 0 Å². The summed E-state index contributed by atoms with van der Waals surface area (Å²) in [7, 11) is 5.53. The molecule has 1 N–H and O–H groups in total. The number of rotatable bonds is 7. The zero-order valence-electron chi connectivity index (χ0n) is 15.3. The van der Waals surface area contributed by atoms with Crippen LogP contribution in [-0.2, 0) is 9.47 Å². The molecule has 2 rings (SSSR count). The van der Waals surface area contributed by atoms with Crippen LogP contribution in [0.3, 0.4) is 0 Å². The Morgan fingerprint density at radius 2 is 2.16 bits per heavy atom. The Kier molecular flexibility index (Phi) is 7.81. The number of benzene rings is 1. The van der Waals surface area contributed by atoms with E-state index in [1.807, 2.05) is 36.2 Å². The number of nitrogens with one attached hydrogen (secondary N) is 1. The maximum Gasteiger partial charge on any atom is 0.193 e. The zero-order valence-corrected chi connectivity index (χ0v) is 16.0. The van der Waals surface area contributed by atoms with Crippen LogP contribution in [-0.4, -0.2) is 70.6 Å². The van der Waals surface area contributed by atoms with Gasteiger partial charge in [-0.2, -0.15) is 0 Å². The highest BCUT2D eigenvalue weighted by Gasteiger charge is 2.32. The Balaban J connectivity index is 1.79. The van der Waals surface area contributed by atoms with Crippen molar-refractivity contribution >= 4 is 17.6 Å². The molecule has 0 aromatic heterocycles. The SMILES string of the molecule is CN=C(NCC1(OC)CCOCC1)N(C)CCOc1cccc(Cl)c1. The molecule has 0 radical (unpaired) electrons. The van der Waals surface area contributed by atoms with Crippen LogP contribution in [0.2, 0.25) is 5.02 Å².